The van der Waals surface area contributed by atoms with E-state index in [1.54, 1.807) is 37.3 Å². The average Bonchev–Trinajstić information content (AvgIpc) is 2.51. The summed E-state index contributed by atoms with van der Waals surface area (Å²) >= 11 is 7.89. The Hall–Kier alpha value is -1.32. The first-order valence-corrected chi connectivity index (χ1v) is 8.30. The SMILES string of the molecule is C[C@H](Nc1nccc(I)c1F)c1cc2cc(Cl)ccc2[nH]c1=O.S. The summed E-state index contributed by atoms with van der Waals surface area (Å²) in [5.41, 5.74) is 0.958. The second kappa shape index (κ2) is 7.71. The molecule has 0 fully saturated rings. The third-order valence-corrected chi connectivity index (χ3v) is 4.57. The molecule has 4 nitrogen and oxygen atoms in total. The quantitative estimate of drug-likeness (QED) is 0.542. The average molecular weight is 478 g/mol. The summed E-state index contributed by atoms with van der Waals surface area (Å²) in [7, 11) is 0. The lowest BCUT2D eigenvalue weighted by molar-refractivity contribution is 0.613. The monoisotopic (exact) mass is 477 g/mol. The van der Waals surface area contributed by atoms with Crippen LogP contribution in [-0.4, -0.2) is 9.97 Å². The van der Waals surface area contributed by atoms with Crippen molar-refractivity contribution >= 4 is 64.4 Å². The smallest absolute Gasteiger partial charge is 0.253 e. The van der Waals surface area contributed by atoms with Gasteiger partial charge in [0, 0.05) is 27.7 Å². The molecule has 0 aliphatic carbocycles. The van der Waals surface area contributed by atoms with E-state index in [9.17, 15) is 9.18 Å². The van der Waals surface area contributed by atoms with Crippen LogP contribution in [0.15, 0.2) is 41.3 Å². The second-order valence-corrected chi connectivity index (χ2v) is 6.71. The predicted octanol–water partition coefficient (Wildman–Crippen LogP) is 4.61. The van der Waals surface area contributed by atoms with Gasteiger partial charge in [-0.15, -0.1) is 0 Å². The molecular weight excluding hydrogens is 464 g/mol. The van der Waals surface area contributed by atoms with Crippen molar-refractivity contribution < 1.29 is 4.39 Å². The molecule has 0 aliphatic heterocycles. The summed E-state index contributed by atoms with van der Waals surface area (Å²) < 4.78 is 14.5. The Labute approximate surface area is 163 Å². The molecule has 0 bridgehead atoms. The summed E-state index contributed by atoms with van der Waals surface area (Å²) in [5.74, 6) is -0.310. The van der Waals surface area contributed by atoms with E-state index < -0.39 is 11.9 Å². The zero-order valence-corrected chi connectivity index (χ0v) is 16.4. The highest BCUT2D eigenvalue weighted by atomic mass is 127. The van der Waals surface area contributed by atoms with E-state index in [1.807, 2.05) is 22.6 Å². The molecule has 0 amide bonds. The summed E-state index contributed by atoms with van der Waals surface area (Å²) in [5, 5.41) is 4.34. The summed E-state index contributed by atoms with van der Waals surface area (Å²) in [6.45, 7) is 1.78. The van der Waals surface area contributed by atoms with E-state index in [2.05, 4.69) is 15.3 Å². The number of benzene rings is 1. The minimum absolute atomic E-state index is 0. The highest BCUT2D eigenvalue weighted by molar-refractivity contribution is 14.1. The molecule has 0 saturated carbocycles. The molecule has 3 aromatic rings. The van der Waals surface area contributed by atoms with E-state index in [4.69, 9.17) is 11.6 Å². The van der Waals surface area contributed by atoms with Gasteiger partial charge in [-0.1, -0.05) is 11.6 Å². The van der Waals surface area contributed by atoms with Gasteiger partial charge in [-0.05, 0) is 59.8 Å². The third-order valence-electron chi connectivity index (χ3n) is 3.50. The number of nitrogens with one attached hydrogen (secondary N) is 2. The molecule has 8 heteroatoms. The van der Waals surface area contributed by atoms with Gasteiger partial charge in [0.2, 0.25) is 0 Å². The fraction of sp³-hybridized carbons (Fsp3) is 0.125. The van der Waals surface area contributed by atoms with Gasteiger partial charge in [-0.2, -0.15) is 13.5 Å². The van der Waals surface area contributed by atoms with E-state index in [0.717, 1.165) is 5.39 Å². The molecule has 2 N–H and O–H groups in total. The van der Waals surface area contributed by atoms with Gasteiger partial charge in [0.05, 0.1) is 9.61 Å². The van der Waals surface area contributed by atoms with Gasteiger partial charge < -0.3 is 10.3 Å². The third kappa shape index (κ3) is 3.84. The largest absolute Gasteiger partial charge is 0.361 e. The molecular formula is C16H14ClFIN3OS. The number of hydrogen-bond donors (Lipinski definition) is 2. The Balaban J connectivity index is 0.00000208. The topological polar surface area (TPSA) is 57.8 Å². The molecule has 0 spiro atoms. The van der Waals surface area contributed by atoms with Gasteiger partial charge in [0.1, 0.15) is 0 Å². The normalized spacial score (nSPS) is 11.8. The molecule has 0 saturated heterocycles. The molecule has 0 aliphatic rings. The fourth-order valence-electron chi connectivity index (χ4n) is 2.32. The van der Waals surface area contributed by atoms with Crippen LogP contribution in [0.5, 0.6) is 0 Å². The molecule has 0 radical (unpaired) electrons. The number of pyridine rings is 2. The van der Waals surface area contributed by atoms with Gasteiger partial charge in [-0.3, -0.25) is 4.79 Å². The van der Waals surface area contributed by atoms with E-state index in [0.29, 0.717) is 19.7 Å². The Morgan fingerprint density at radius 1 is 1.33 bits per heavy atom. The van der Waals surface area contributed by atoms with Crippen molar-refractivity contribution in [2.75, 3.05) is 5.32 Å². The maximum absolute atomic E-state index is 14.0. The number of nitrogens with zero attached hydrogens (tertiary/aromatic N) is 1. The number of rotatable bonds is 3. The first-order valence-electron chi connectivity index (χ1n) is 6.84. The van der Waals surface area contributed by atoms with E-state index in [-0.39, 0.29) is 24.9 Å². The summed E-state index contributed by atoms with van der Waals surface area (Å²) in [6.07, 6.45) is 1.52. The highest BCUT2D eigenvalue weighted by Gasteiger charge is 2.15. The van der Waals surface area contributed by atoms with Crippen LogP contribution in [0, 0.1) is 9.39 Å². The lowest BCUT2D eigenvalue weighted by Crippen LogP contribution is -2.20. The number of H-pyrrole nitrogens is 1. The first-order chi connectivity index (χ1) is 11.0. The molecule has 2 heterocycles. The molecule has 0 unspecified atom stereocenters. The van der Waals surface area contributed by atoms with Crippen molar-refractivity contribution in [3.05, 3.63) is 66.9 Å². The number of halogens is 3. The van der Waals surface area contributed by atoms with Crippen molar-refractivity contribution in [3.63, 3.8) is 0 Å². The van der Waals surface area contributed by atoms with Crippen LogP contribution in [-0.2, 0) is 0 Å². The van der Waals surface area contributed by atoms with Crippen molar-refractivity contribution in [1.29, 1.82) is 0 Å². The molecule has 126 valence electrons. The van der Waals surface area contributed by atoms with Gasteiger partial charge in [-0.25, -0.2) is 9.37 Å². The van der Waals surface area contributed by atoms with Crippen LogP contribution >= 0.6 is 47.7 Å². The first kappa shape index (κ1) is 19.0. The van der Waals surface area contributed by atoms with Gasteiger partial charge in [0.15, 0.2) is 11.6 Å². The Morgan fingerprint density at radius 3 is 2.83 bits per heavy atom. The van der Waals surface area contributed by atoms with Gasteiger partial charge >= 0.3 is 0 Å². The number of fused-ring (bicyclic) bond motifs is 1. The number of hydrogen-bond acceptors (Lipinski definition) is 3. The molecule has 1 atom stereocenters. The Bertz CT molecular complexity index is 950. The molecule has 2 aromatic heterocycles. The maximum Gasteiger partial charge on any atom is 0.253 e. The summed E-state index contributed by atoms with van der Waals surface area (Å²) in [6, 6.07) is 8.16. The van der Waals surface area contributed by atoms with Crippen LogP contribution in [0.3, 0.4) is 0 Å². The molecule has 1 aromatic carbocycles. The second-order valence-electron chi connectivity index (χ2n) is 5.11. The minimum Gasteiger partial charge on any atom is -0.361 e. The van der Waals surface area contributed by atoms with Crippen LogP contribution < -0.4 is 10.9 Å². The zero-order valence-electron chi connectivity index (χ0n) is 12.5. The molecule has 3 rings (SSSR count). The lowest BCUT2D eigenvalue weighted by Gasteiger charge is -2.15. The highest BCUT2D eigenvalue weighted by Crippen LogP contribution is 2.23. The van der Waals surface area contributed by atoms with E-state index >= 15 is 0 Å². The van der Waals surface area contributed by atoms with E-state index in [1.165, 1.54) is 6.20 Å². The standard InChI is InChI=1S/C16H12ClFIN3O.H2S/c1-8(21-15-14(18)12(19)4-5-20-15)11-7-9-6-10(17)2-3-13(9)22-16(11)23;/h2-8H,1H3,(H,20,21)(H,22,23);1H2/t8-;/m0./s1. The van der Waals surface area contributed by atoms with Crippen LogP contribution in [0.4, 0.5) is 10.2 Å². The van der Waals surface area contributed by atoms with Crippen molar-refractivity contribution in [1.82, 2.24) is 9.97 Å². The predicted molar refractivity (Wildman–Crippen MR) is 109 cm³/mol. The fourth-order valence-corrected chi connectivity index (χ4v) is 2.92. The number of aromatic amines is 1. The van der Waals surface area contributed by atoms with Crippen molar-refractivity contribution in [2.45, 2.75) is 13.0 Å². The number of anilines is 1. The van der Waals surface area contributed by atoms with Crippen molar-refractivity contribution in [2.24, 2.45) is 0 Å². The lowest BCUT2D eigenvalue weighted by atomic mass is 10.1. The molecule has 24 heavy (non-hydrogen) atoms. The Morgan fingerprint density at radius 2 is 2.08 bits per heavy atom. The zero-order chi connectivity index (χ0) is 16.6. The van der Waals surface area contributed by atoms with Crippen molar-refractivity contribution in [3.8, 4) is 0 Å². The minimum atomic E-state index is -0.430. The van der Waals surface area contributed by atoms with Crippen LogP contribution in [0.1, 0.15) is 18.5 Å². The Kier molecular flexibility index (Phi) is 6.11. The van der Waals surface area contributed by atoms with Crippen LogP contribution in [0.25, 0.3) is 10.9 Å². The summed E-state index contributed by atoms with van der Waals surface area (Å²) in [4.78, 5) is 19.1. The van der Waals surface area contributed by atoms with Crippen LogP contribution in [0.2, 0.25) is 5.02 Å². The maximum atomic E-state index is 14.0. The van der Waals surface area contributed by atoms with Gasteiger partial charge in [0.25, 0.3) is 5.56 Å². The number of aromatic nitrogens is 2.